The first-order chi connectivity index (χ1) is 7.72. The normalized spacial score (nSPS) is 10.6. The van der Waals surface area contributed by atoms with Crippen LogP contribution >= 0.6 is 0 Å². The average molecular weight is 217 g/mol. The van der Waals surface area contributed by atoms with E-state index in [4.69, 9.17) is 5.73 Å². The highest BCUT2D eigenvalue weighted by molar-refractivity contribution is 5.59. The molecule has 0 aromatic carbocycles. The lowest BCUT2D eigenvalue weighted by Gasteiger charge is -2.08. The summed E-state index contributed by atoms with van der Waals surface area (Å²) in [6, 6.07) is 1.95. The van der Waals surface area contributed by atoms with Gasteiger partial charge in [-0.1, -0.05) is 6.92 Å². The van der Waals surface area contributed by atoms with Gasteiger partial charge in [0.2, 0.25) is 5.95 Å². The fraction of sp³-hybridized carbons (Fsp3) is 0.364. The summed E-state index contributed by atoms with van der Waals surface area (Å²) in [5.41, 5.74) is 8.47. The fourth-order valence-corrected chi connectivity index (χ4v) is 1.64. The highest BCUT2D eigenvalue weighted by Crippen LogP contribution is 2.20. The Labute approximate surface area is 94.3 Å². The van der Waals surface area contributed by atoms with E-state index in [0.29, 0.717) is 5.95 Å². The van der Waals surface area contributed by atoms with Crippen molar-refractivity contribution in [3.63, 3.8) is 0 Å². The van der Waals surface area contributed by atoms with Crippen LogP contribution in [0.5, 0.6) is 0 Å². The summed E-state index contributed by atoms with van der Waals surface area (Å²) in [6.45, 7) is 4.97. The highest BCUT2D eigenvalue weighted by atomic mass is 15.3. The predicted molar refractivity (Wildman–Crippen MR) is 62.7 cm³/mol. The van der Waals surface area contributed by atoms with Gasteiger partial charge in [-0.05, 0) is 25.0 Å². The molecule has 5 nitrogen and oxygen atoms in total. The Morgan fingerprint density at radius 2 is 2.25 bits per heavy atom. The van der Waals surface area contributed by atoms with Crippen molar-refractivity contribution in [2.24, 2.45) is 0 Å². The molecule has 0 radical (unpaired) electrons. The average Bonchev–Trinajstić information content (AvgIpc) is 2.70. The third-order valence-electron chi connectivity index (χ3n) is 2.38. The van der Waals surface area contributed by atoms with Crippen molar-refractivity contribution in [2.45, 2.75) is 26.8 Å². The maximum absolute atomic E-state index is 5.61. The number of nitrogens with two attached hydrogens (primary N) is 1. The van der Waals surface area contributed by atoms with Crippen LogP contribution in [0.3, 0.4) is 0 Å². The summed E-state index contributed by atoms with van der Waals surface area (Å²) in [4.78, 5) is 8.23. The Morgan fingerprint density at radius 3 is 3.00 bits per heavy atom. The molecule has 0 atom stereocenters. The van der Waals surface area contributed by atoms with Gasteiger partial charge < -0.3 is 5.73 Å². The molecule has 0 spiro atoms. The van der Waals surface area contributed by atoms with E-state index in [9.17, 15) is 0 Å². The van der Waals surface area contributed by atoms with Gasteiger partial charge in [0.25, 0.3) is 0 Å². The number of nitrogens with zero attached hydrogens (tertiary/aromatic N) is 4. The van der Waals surface area contributed by atoms with Gasteiger partial charge in [-0.25, -0.2) is 9.97 Å². The maximum Gasteiger partial charge on any atom is 0.220 e. The molecule has 2 aromatic heterocycles. The van der Waals surface area contributed by atoms with Crippen LogP contribution < -0.4 is 5.73 Å². The van der Waals surface area contributed by atoms with Gasteiger partial charge in [0.1, 0.15) is 0 Å². The van der Waals surface area contributed by atoms with Crippen LogP contribution in [-0.4, -0.2) is 19.7 Å². The number of anilines is 1. The molecule has 84 valence electrons. The van der Waals surface area contributed by atoms with Gasteiger partial charge >= 0.3 is 0 Å². The van der Waals surface area contributed by atoms with Gasteiger partial charge in [-0.2, -0.15) is 5.10 Å². The zero-order valence-corrected chi connectivity index (χ0v) is 9.51. The third-order valence-corrected chi connectivity index (χ3v) is 2.38. The Balaban J connectivity index is 2.49. The minimum absolute atomic E-state index is 0.296. The molecular weight excluding hydrogens is 202 g/mol. The molecule has 0 unspecified atom stereocenters. The molecule has 2 heterocycles. The van der Waals surface area contributed by atoms with Crippen LogP contribution in [-0.2, 0) is 6.54 Å². The van der Waals surface area contributed by atoms with Crippen LogP contribution in [0, 0.1) is 6.92 Å². The minimum atomic E-state index is 0.296. The van der Waals surface area contributed by atoms with Crippen LogP contribution in [0.2, 0.25) is 0 Å². The van der Waals surface area contributed by atoms with Crippen molar-refractivity contribution in [1.82, 2.24) is 19.7 Å². The van der Waals surface area contributed by atoms with Gasteiger partial charge in [-0.15, -0.1) is 0 Å². The second-order valence-electron chi connectivity index (χ2n) is 3.70. The lowest BCUT2D eigenvalue weighted by Crippen LogP contribution is -2.05. The van der Waals surface area contributed by atoms with E-state index >= 15 is 0 Å². The molecule has 0 aliphatic carbocycles. The second-order valence-corrected chi connectivity index (χ2v) is 3.70. The number of aryl methyl sites for hydroxylation is 2. The predicted octanol–water partition coefficient (Wildman–Crippen LogP) is 1.64. The van der Waals surface area contributed by atoms with Crippen molar-refractivity contribution in [3.05, 3.63) is 24.0 Å². The van der Waals surface area contributed by atoms with Crippen molar-refractivity contribution in [3.8, 4) is 11.4 Å². The number of aromatic nitrogens is 4. The third kappa shape index (κ3) is 1.88. The SMILES string of the molecule is CCCn1nccc1-c1nc(N)ncc1C. The molecule has 2 aromatic rings. The first-order valence-electron chi connectivity index (χ1n) is 5.33. The molecule has 2 N–H and O–H groups in total. The van der Waals surface area contributed by atoms with Crippen LogP contribution in [0.15, 0.2) is 18.5 Å². The lowest BCUT2D eigenvalue weighted by atomic mass is 10.2. The minimum Gasteiger partial charge on any atom is -0.368 e. The van der Waals surface area contributed by atoms with E-state index in [2.05, 4.69) is 22.0 Å². The van der Waals surface area contributed by atoms with Crippen LogP contribution in [0.1, 0.15) is 18.9 Å². The lowest BCUT2D eigenvalue weighted by molar-refractivity contribution is 0.607. The van der Waals surface area contributed by atoms with E-state index in [1.807, 2.05) is 17.7 Å². The van der Waals surface area contributed by atoms with Crippen LogP contribution in [0.4, 0.5) is 5.95 Å². The molecule has 0 saturated carbocycles. The van der Waals surface area contributed by atoms with Gasteiger partial charge in [0.15, 0.2) is 0 Å². The summed E-state index contributed by atoms with van der Waals surface area (Å²) in [5, 5.41) is 4.27. The maximum atomic E-state index is 5.61. The van der Waals surface area contributed by atoms with Gasteiger partial charge in [-0.3, -0.25) is 4.68 Å². The molecule has 0 fully saturated rings. The summed E-state index contributed by atoms with van der Waals surface area (Å²) < 4.78 is 1.94. The van der Waals surface area contributed by atoms with Crippen molar-refractivity contribution in [2.75, 3.05) is 5.73 Å². The van der Waals surface area contributed by atoms with E-state index in [-0.39, 0.29) is 0 Å². The van der Waals surface area contributed by atoms with Gasteiger partial charge in [0.05, 0.1) is 11.4 Å². The molecule has 0 saturated heterocycles. The number of nitrogen functional groups attached to an aromatic ring is 1. The zero-order chi connectivity index (χ0) is 11.5. The Bertz CT molecular complexity index is 489. The van der Waals surface area contributed by atoms with E-state index in [1.165, 1.54) is 0 Å². The largest absolute Gasteiger partial charge is 0.368 e. The van der Waals surface area contributed by atoms with Crippen molar-refractivity contribution in [1.29, 1.82) is 0 Å². The van der Waals surface area contributed by atoms with Crippen molar-refractivity contribution >= 4 is 5.95 Å². The molecule has 2 rings (SSSR count). The molecule has 0 aliphatic rings. The standard InChI is InChI=1S/C11H15N5/c1-3-6-16-9(4-5-14-16)10-8(2)7-13-11(12)15-10/h4-5,7H,3,6H2,1-2H3,(H2,12,13,15). The van der Waals surface area contributed by atoms with Gasteiger partial charge in [0, 0.05) is 18.9 Å². The summed E-state index contributed by atoms with van der Waals surface area (Å²) in [6.07, 6.45) is 4.55. The Morgan fingerprint density at radius 1 is 1.44 bits per heavy atom. The fourth-order valence-electron chi connectivity index (χ4n) is 1.64. The highest BCUT2D eigenvalue weighted by Gasteiger charge is 2.10. The van der Waals surface area contributed by atoms with E-state index in [0.717, 1.165) is 29.9 Å². The smallest absolute Gasteiger partial charge is 0.220 e. The Kier molecular flexibility index (Phi) is 2.85. The topological polar surface area (TPSA) is 69.6 Å². The molecule has 5 heteroatoms. The molecule has 0 bridgehead atoms. The van der Waals surface area contributed by atoms with Crippen LogP contribution in [0.25, 0.3) is 11.4 Å². The molecule has 0 aliphatic heterocycles. The molecular formula is C11H15N5. The Hall–Kier alpha value is -1.91. The van der Waals surface area contributed by atoms with E-state index in [1.54, 1.807) is 12.4 Å². The number of hydrogen-bond acceptors (Lipinski definition) is 4. The summed E-state index contributed by atoms with van der Waals surface area (Å²) >= 11 is 0. The first-order valence-corrected chi connectivity index (χ1v) is 5.33. The zero-order valence-electron chi connectivity index (χ0n) is 9.51. The second kappa shape index (κ2) is 4.30. The number of rotatable bonds is 3. The number of hydrogen-bond donors (Lipinski definition) is 1. The van der Waals surface area contributed by atoms with Crippen molar-refractivity contribution < 1.29 is 0 Å². The quantitative estimate of drug-likeness (QED) is 0.848. The van der Waals surface area contributed by atoms with E-state index < -0.39 is 0 Å². The molecule has 16 heavy (non-hydrogen) atoms. The first kappa shape index (κ1) is 10.6. The monoisotopic (exact) mass is 217 g/mol. The summed E-state index contributed by atoms with van der Waals surface area (Å²) in [5.74, 6) is 0.296. The molecule has 0 amide bonds. The summed E-state index contributed by atoms with van der Waals surface area (Å²) in [7, 11) is 0.